The highest BCUT2D eigenvalue weighted by Crippen LogP contribution is 2.20. The van der Waals surface area contributed by atoms with Crippen LogP contribution in [0, 0.1) is 6.92 Å². The molecule has 2 aromatic rings. The van der Waals surface area contributed by atoms with Crippen molar-refractivity contribution in [1.82, 2.24) is 4.72 Å². The van der Waals surface area contributed by atoms with Gasteiger partial charge in [-0.1, -0.05) is 24.3 Å². The van der Waals surface area contributed by atoms with Crippen LogP contribution in [0.4, 0.5) is 0 Å². The lowest BCUT2D eigenvalue weighted by molar-refractivity contribution is 0.583. The molecular formula is C13H16N2O2S2. The number of nitrogens with one attached hydrogen (secondary N) is 1. The number of aryl methyl sites for hydroxylation is 1. The van der Waals surface area contributed by atoms with Crippen molar-refractivity contribution >= 4 is 21.4 Å². The van der Waals surface area contributed by atoms with Gasteiger partial charge in [-0.05, 0) is 35.1 Å². The second kappa shape index (κ2) is 5.83. The van der Waals surface area contributed by atoms with E-state index in [9.17, 15) is 8.42 Å². The van der Waals surface area contributed by atoms with Crippen molar-refractivity contribution in [3.05, 3.63) is 52.4 Å². The highest BCUT2D eigenvalue weighted by Gasteiger charge is 2.16. The zero-order valence-electron chi connectivity index (χ0n) is 10.6. The molecule has 0 radical (unpaired) electrons. The van der Waals surface area contributed by atoms with E-state index in [1.165, 1.54) is 11.3 Å². The van der Waals surface area contributed by atoms with Gasteiger partial charge in [0.25, 0.3) is 0 Å². The molecule has 102 valence electrons. The minimum Gasteiger partial charge on any atom is -0.326 e. The molecular weight excluding hydrogens is 280 g/mol. The second-order valence-corrected chi connectivity index (χ2v) is 7.13. The molecule has 1 heterocycles. The first-order valence-electron chi connectivity index (χ1n) is 5.84. The normalized spacial score (nSPS) is 11.7. The Bertz CT molecular complexity index is 663. The van der Waals surface area contributed by atoms with Crippen LogP contribution in [0.15, 0.2) is 39.9 Å². The summed E-state index contributed by atoms with van der Waals surface area (Å²) in [6.45, 7) is 2.61. The summed E-state index contributed by atoms with van der Waals surface area (Å²) in [5, 5.41) is 1.77. The lowest BCUT2D eigenvalue weighted by Gasteiger charge is -2.07. The van der Waals surface area contributed by atoms with Crippen LogP contribution in [-0.4, -0.2) is 8.42 Å². The maximum Gasteiger partial charge on any atom is 0.250 e. The molecule has 0 amide bonds. The Kier molecular flexibility index (Phi) is 4.36. The van der Waals surface area contributed by atoms with E-state index in [2.05, 4.69) is 4.72 Å². The summed E-state index contributed by atoms with van der Waals surface area (Å²) < 4.78 is 27.1. The van der Waals surface area contributed by atoms with Crippen LogP contribution in [0.5, 0.6) is 0 Å². The van der Waals surface area contributed by atoms with Gasteiger partial charge in [0.15, 0.2) is 0 Å². The Morgan fingerprint density at radius 3 is 2.68 bits per heavy atom. The number of rotatable bonds is 5. The van der Waals surface area contributed by atoms with Crippen LogP contribution in [0.25, 0.3) is 0 Å². The molecule has 0 aliphatic heterocycles. The molecule has 0 saturated heterocycles. The first-order valence-corrected chi connectivity index (χ1v) is 8.21. The number of benzene rings is 1. The molecule has 3 N–H and O–H groups in total. The van der Waals surface area contributed by atoms with Gasteiger partial charge in [0.2, 0.25) is 10.0 Å². The number of sulfonamides is 1. The van der Waals surface area contributed by atoms with E-state index in [0.717, 1.165) is 16.7 Å². The summed E-state index contributed by atoms with van der Waals surface area (Å²) in [5.74, 6) is 0. The molecule has 0 fully saturated rings. The molecule has 0 saturated carbocycles. The Morgan fingerprint density at radius 1 is 1.32 bits per heavy atom. The smallest absolute Gasteiger partial charge is 0.250 e. The SMILES string of the molecule is Cc1ccccc1CNS(=O)(=O)c1cc(CN)cs1. The molecule has 0 atom stereocenters. The van der Waals surface area contributed by atoms with Crippen molar-refractivity contribution in [2.24, 2.45) is 5.73 Å². The fourth-order valence-electron chi connectivity index (χ4n) is 1.65. The summed E-state index contributed by atoms with van der Waals surface area (Å²) in [6, 6.07) is 9.32. The predicted molar refractivity (Wildman–Crippen MR) is 77.4 cm³/mol. The van der Waals surface area contributed by atoms with E-state index in [4.69, 9.17) is 5.73 Å². The maximum atomic E-state index is 12.1. The number of nitrogens with two attached hydrogens (primary N) is 1. The molecule has 6 heteroatoms. The minimum atomic E-state index is -3.45. The van der Waals surface area contributed by atoms with Gasteiger partial charge < -0.3 is 5.73 Å². The van der Waals surface area contributed by atoms with Gasteiger partial charge in [-0.15, -0.1) is 11.3 Å². The summed E-state index contributed by atoms with van der Waals surface area (Å²) in [7, 11) is -3.45. The van der Waals surface area contributed by atoms with Gasteiger partial charge in [-0.25, -0.2) is 13.1 Å². The van der Waals surface area contributed by atoms with Gasteiger partial charge >= 0.3 is 0 Å². The maximum absolute atomic E-state index is 12.1. The lowest BCUT2D eigenvalue weighted by Crippen LogP contribution is -2.22. The molecule has 0 unspecified atom stereocenters. The standard InChI is InChI=1S/C13H16N2O2S2/c1-10-4-2-3-5-12(10)8-15-19(16,17)13-6-11(7-14)9-18-13/h2-6,9,15H,7-8,14H2,1H3. The molecule has 4 nitrogen and oxygen atoms in total. The van der Waals surface area contributed by atoms with Crippen molar-refractivity contribution in [3.8, 4) is 0 Å². The molecule has 0 aliphatic rings. The Labute approximate surface area is 117 Å². The largest absolute Gasteiger partial charge is 0.326 e. The van der Waals surface area contributed by atoms with Crippen molar-refractivity contribution < 1.29 is 8.42 Å². The van der Waals surface area contributed by atoms with Crippen molar-refractivity contribution in [2.45, 2.75) is 24.2 Å². The topological polar surface area (TPSA) is 72.2 Å². The van der Waals surface area contributed by atoms with E-state index in [0.29, 0.717) is 17.3 Å². The molecule has 0 bridgehead atoms. The fourth-order valence-corrected chi connectivity index (χ4v) is 3.93. The zero-order valence-corrected chi connectivity index (χ0v) is 12.2. The third-order valence-corrected chi connectivity index (χ3v) is 5.73. The van der Waals surface area contributed by atoms with Crippen LogP contribution in [0.1, 0.15) is 16.7 Å². The third kappa shape index (κ3) is 3.42. The van der Waals surface area contributed by atoms with Crippen molar-refractivity contribution in [3.63, 3.8) is 0 Å². The zero-order chi connectivity index (χ0) is 13.9. The predicted octanol–water partition coefficient (Wildman–Crippen LogP) is 1.99. The lowest BCUT2D eigenvalue weighted by atomic mass is 10.1. The molecule has 1 aromatic carbocycles. The monoisotopic (exact) mass is 296 g/mol. The van der Waals surface area contributed by atoms with E-state index in [1.54, 1.807) is 11.4 Å². The van der Waals surface area contributed by atoms with Crippen molar-refractivity contribution in [1.29, 1.82) is 0 Å². The molecule has 1 aromatic heterocycles. The van der Waals surface area contributed by atoms with Gasteiger partial charge in [-0.3, -0.25) is 0 Å². The number of thiophene rings is 1. The van der Waals surface area contributed by atoms with Gasteiger partial charge in [-0.2, -0.15) is 0 Å². The van der Waals surface area contributed by atoms with Crippen molar-refractivity contribution in [2.75, 3.05) is 0 Å². The van der Waals surface area contributed by atoms with Crippen LogP contribution in [0.2, 0.25) is 0 Å². The quantitative estimate of drug-likeness (QED) is 0.886. The van der Waals surface area contributed by atoms with E-state index < -0.39 is 10.0 Å². The van der Waals surface area contributed by atoms with E-state index in [1.807, 2.05) is 31.2 Å². The van der Waals surface area contributed by atoms with Crippen LogP contribution < -0.4 is 10.5 Å². The Morgan fingerprint density at radius 2 is 2.05 bits per heavy atom. The molecule has 0 spiro atoms. The third-order valence-electron chi connectivity index (χ3n) is 2.84. The molecule has 2 rings (SSSR count). The minimum absolute atomic E-state index is 0.296. The number of hydrogen-bond donors (Lipinski definition) is 2. The first-order chi connectivity index (χ1) is 9.03. The summed E-state index contributed by atoms with van der Waals surface area (Å²) in [4.78, 5) is 0. The Balaban J connectivity index is 2.12. The first kappa shape index (κ1) is 14.2. The molecule has 0 aliphatic carbocycles. The highest BCUT2D eigenvalue weighted by atomic mass is 32.2. The number of hydrogen-bond acceptors (Lipinski definition) is 4. The Hall–Kier alpha value is -1.21. The second-order valence-electron chi connectivity index (χ2n) is 4.23. The molecule has 19 heavy (non-hydrogen) atoms. The van der Waals surface area contributed by atoms with Gasteiger partial charge in [0.05, 0.1) is 0 Å². The van der Waals surface area contributed by atoms with Gasteiger partial charge in [0.1, 0.15) is 4.21 Å². The van der Waals surface area contributed by atoms with Gasteiger partial charge in [0, 0.05) is 13.1 Å². The van der Waals surface area contributed by atoms with E-state index in [-0.39, 0.29) is 0 Å². The van der Waals surface area contributed by atoms with Crippen LogP contribution >= 0.6 is 11.3 Å². The van der Waals surface area contributed by atoms with Crippen LogP contribution in [-0.2, 0) is 23.1 Å². The van der Waals surface area contributed by atoms with E-state index >= 15 is 0 Å². The van der Waals surface area contributed by atoms with Crippen LogP contribution in [0.3, 0.4) is 0 Å². The fraction of sp³-hybridized carbons (Fsp3) is 0.231. The summed E-state index contributed by atoms with van der Waals surface area (Å²) in [6.07, 6.45) is 0. The summed E-state index contributed by atoms with van der Waals surface area (Å²) >= 11 is 1.19. The average Bonchev–Trinajstić information content (AvgIpc) is 2.87. The highest BCUT2D eigenvalue weighted by molar-refractivity contribution is 7.91. The average molecular weight is 296 g/mol. The summed E-state index contributed by atoms with van der Waals surface area (Å²) in [5.41, 5.74) is 8.36.